The van der Waals surface area contributed by atoms with Crippen LogP contribution < -0.4 is 5.32 Å². The summed E-state index contributed by atoms with van der Waals surface area (Å²) < 4.78 is 10.1. The van der Waals surface area contributed by atoms with Gasteiger partial charge in [0, 0.05) is 4.88 Å². The van der Waals surface area contributed by atoms with Gasteiger partial charge < -0.3 is 14.5 Å². The summed E-state index contributed by atoms with van der Waals surface area (Å²) in [6.45, 7) is 6.74. The quantitative estimate of drug-likeness (QED) is 0.816. The molecule has 0 bridgehead atoms. The summed E-state index contributed by atoms with van der Waals surface area (Å²) in [4.78, 5) is 25.8. The predicted octanol–water partition coefficient (Wildman–Crippen LogP) is 4.53. The Bertz CT molecular complexity index is 783. The second-order valence-corrected chi connectivity index (χ2v) is 8.54. The van der Waals surface area contributed by atoms with E-state index in [1.165, 1.54) is 29.6 Å². The summed E-state index contributed by atoms with van der Waals surface area (Å²) in [5, 5.41) is 3.37. The third-order valence-corrected chi connectivity index (χ3v) is 6.02. The van der Waals surface area contributed by atoms with E-state index in [-0.39, 0.29) is 17.1 Å². The van der Waals surface area contributed by atoms with Gasteiger partial charge in [-0.25, -0.2) is 4.79 Å². The molecule has 2 aromatic heterocycles. The van der Waals surface area contributed by atoms with Crippen LogP contribution in [-0.2, 0) is 17.6 Å². The van der Waals surface area contributed by atoms with Crippen LogP contribution in [-0.4, -0.2) is 19.0 Å². The molecule has 5 nitrogen and oxygen atoms in total. The van der Waals surface area contributed by atoms with Gasteiger partial charge in [0.2, 0.25) is 0 Å². The van der Waals surface area contributed by atoms with Crippen LogP contribution >= 0.6 is 11.3 Å². The van der Waals surface area contributed by atoms with Gasteiger partial charge in [-0.3, -0.25) is 4.79 Å². The van der Waals surface area contributed by atoms with Crippen molar-refractivity contribution in [2.24, 2.45) is 11.3 Å². The number of carbonyl (C=O) groups excluding carboxylic acids is 2. The van der Waals surface area contributed by atoms with Crippen LogP contribution in [0.2, 0.25) is 0 Å². The Morgan fingerprint density at radius 2 is 2.12 bits per heavy atom. The third kappa shape index (κ3) is 3.49. The third-order valence-electron chi connectivity index (χ3n) is 4.85. The lowest BCUT2D eigenvalue weighted by Gasteiger charge is -2.33. The number of nitrogens with one attached hydrogen (secondary N) is 1. The number of methoxy groups -OCH3 is 1. The number of hydrogen-bond acceptors (Lipinski definition) is 5. The number of thiophene rings is 1. The van der Waals surface area contributed by atoms with Crippen LogP contribution in [0.25, 0.3) is 0 Å². The van der Waals surface area contributed by atoms with Crippen molar-refractivity contribution in [2.45, 2.75) is 40.0 Å². The van der Waals surface area contributed by atoms with E-state index < -0.39 is 5.97 Å². The first-order chi connectivity index (χ1) is 11.8. The Morgan fingerprint density at radius 1 is 1.36 bits per heavy atom. The van der Waals surface area contributed by atoms with Crippen molar-refractivity contribution in [1.29, 1.82) is 0 Å². The van der Waals surface area contributed by atoms with Gasteiger partial charge >= 0.3 is 5.97 Å². The van der Waals surface area contributed by atoms with Gasteiger partial charge in [-0.2, -0.15) is 0 Å². The molecule has 0 spiro atoms. The fourth-order valence-electron chi connectivity index (χ4n) is 3.30. The fraction of sp³-hybridized carbons (Fsp3) is 0.474. The molecule has 134 valence electrons. The lowest BCUT2D eigenvalue weighted by molar-refractivity contribution is 0.0600. The van der Waals surface area contributed by atoms with Crippen molar-refractivity contribution in [1.82, 2.24) is 0 Å². The molecule has 3 rings (SSSR count). The van der Waals surface area contributed by atoms with E-state index in [2.05, 4.69) is 26.1 Å². The number of hydrogen-bond donors (Lipinski definition) is 1. The molecule has 0 saturated heterocycles. The predicted molar refractivity (Wildman–Crippen MR) is 97.3 cm³/mol. The molecule has 1 N–H and O–H groups in total. The minimum absolute atomic E-state index is 0.213. The largest absolute Gasteiger partial charge is 0.465 e. The molecule has 25 heavy (non-hydrogen) atoms. The first kappa shape index (κ1) is 17.7. The Balaban J connectivity index is 1.94. The molecule has 2 aromatic rings. The molecular formula is C19H23NO4S. The van der Waals surface area contributed by atoms with Crippen molar-refractivity contribution in [3.05, 3.63) is 40.2 Å². The van der Waals surface area contributed by atoms with Gasteiger partial charge in [0.25, 0.3) is 5.91 Å². The van der Waals surface area contributed by atoms with Crippen LogP contribution in [0.3, 0.4) is 0 Å². The van der Waals surface area contributed by atoms with Crippen LogP contribution in [0.1, 0.15) is 58.5 Å². The molecule has 6 heteroatoms. The van der Waals surface area contributed by atoms with Gasteiger partial charge in [0.1, 0.15) is 5.00 Å². The molecule has 0 saturated carbocycles. The highest BCUT2D eigenvalue weighted by molar-refractivity contribution is 7.17. The minimum atomic E-state index is -0.401. The van der Waals surface area contributed by atoms with Gasteiger partial charge in [-0.15, -0.1) is 11.3 Å². The van der Waals surface area contributed by atoms with E-state index in [0.717, 1.165) is 24.8 Å². The number of anilines is 1. The van der Waals surface area contributed by atoms with Gasteiger partial charge in [-0.1, -0.05) is 20.8 Å². The molecule has 1 amide bonds. The summed E-state index contributed by atoms with van der Waals surface area (Å²) in [5.41, 5.74) is 1.73. The van der Waals surface area contributed by atoms with Crippen molar-refractivity contribution < 1.29 is 18.7 Å². The standard InChI is InChI=1S/C19H23NO4S/c1-19(2,3)11-7-8-12-14(10-11)25-17(15(12)18(22)23-4)20-16(21)13-6-5-9-24-13/h5-6,9,11H,7-8,10H2,1-4H3,(H,20,21). The number of carbonyl (C=O) groups is 2. The lowest BCUT2D eigenvalue weighted by atomic mass is 9.72. The Kier molecular flexibility index (Phi) is 4.73. The van der Waals surface area contributed by atoms with E-state index >= 15 is 0 Å². The number of esters is 1. The maximum absolute atomic E-state index is 12.3. The second-order valence-electron chi connectivity index (χ2n) is 7.44. The number of furan rings is 1. The summed E-state index contributed by atoms with van der Waals surface area (Å²) in [5.74, 6) is 0.00935. The van der Waals surface area contributed by atoms with E-state index in [1.54, 1.807) is 12.1 Å². The average molecular weight is 361 g/mol. The molecule has 0 aliphatic heterocycles. The summed E-state index contributed by atoms with van der Waals surface area (Å²) >= 11 is 1.48. The maximum Gasteiger partial charge on any atom is 0.341 e. The van der Waals surface area contributed by atoms with Gasteiger partial charge in [-0.05, 0) is 48.3 Å². The Labute approximate surface area is 151 Å². The zero-order chi connectivity index (χ0) is 18.2. The molecular weight excluding hydrogens is 338 g/mol. The second kappa shape index (κ2) is 6.67. The highest BCUT2D eigenvalue weighted by atomic mass is 32.1. The van der Waals surface area contributed by atoms with Crippen molar-refractivity contribution in [3.8, 4) is 0 Å². The monoisotopic (exact) mass is 361 g/mol. The molecule has 2 heterocycles. The van der Waals surface area contributed by atoms with Crippen LogP contribution in [0.15, 0.2) is 22.8 Å². The molecule has 0 fully saturated rings. The van der Waals surface area contributed by atoms with Crippen molar-refractivity contribution in [3.63, 3.8) is 0 Å². The average Bonchev–Trinajstić information content (AvgIpc) is 3.20. The fourth-order valence-corrected chi connectivity index (χ4v) is 4.61. The van der Waals surface area contributed by atoms with Gasteiger partial charge in [0.05, 0.1) is 18.9 Å². The highest BCUT2D eigenvalue weighted by Gasteiger charge is 2.34. The summed E-state index contributed by atoms with van der Waals surface area (Å²) in [6.07, 6.45) is 4.23. The first-order valence-electron chi connectivity index (χ1n) is 8.39. The normalized spacial score (nSPS) is 17.0. The van der Waals surface area contributed by atoms with E-state index in [9.17, 15) is 9.59 Å². The SMILES string of the molecule is COC(=O)c1c(NC(=O)c2ccco2)sc2c1CCC(C(C)(C)C)C2. The molecule has 1 atom stereocenters. The smallest absolute Gasteiger partial charge is 0.341 e. The van der Waals surface area contributed by atoms with Crippen molar-refractivity contribution >= 4 is 28.2 Å². The number of rotatable bonds is 3. The lowest BCUT2D eigenvalue weighted by Crippen LogP contribution is -2.26. The Morgan fingerprint density at radius 3 is 2.72 bits per heavy atom. The van der Waals surface area contributed by atoms with E-state index in [1.807, 2.05) is 0 Å². The summed E-state index contributed by atoms with van der Waals surface area (Å²) in [7, 11) is 1.37. The molecule has 0 radical (unpaired) electrons. The Hall–Kier alpha value is -2.08. The van der Waals surface area contributed by atoms with E-state index in [4.69, 9.17) is 9.15 Å². The number of fused-ring (bicyclic) bond motifs is 1. The summed E-state index contributed by atoms with van der Waals surface area (Å²) in [6, 6.07) is 3.25. The molecule has 1 unspecified atom stereocenters. The van der Waals surface area contributed by atoms with Crippen LogP contribution in [0, 0.1) is 11.3 Å². The zero-order valence-corrected chi connectivity index (χ0v) is 15.8. The molecule has 1 aliphatic rings. The zero-order valence-electron chi connectivity index (χ0n) is 15.0. The van der Waals surface area contributed by atoms with Gasteiger partial charge in [0.15, 0.2) is 5.76 Å². The molecule has 1 aliphatic carbocycles. The topological polar surface area (TPSA) is 68.5 Å². The van der Waals surface area contributed by atoms with Crippen LogP contribution in [0.5, 0.6) is 0 Å². The first-order valence-corrected chi connectivity index (χ1v) is 9.20. The molecule has 0 aromatic carbocycles. The number of ether oxygens (including phenoxy) is 1. The highest BCUT2D eigenvalue weighted by Crippen LogP contribution is 2.44. The van der Waals surface area contributed by atoms with Crippen molar-refractivity contribution in [2.75, 3.05) is 12.4 Å². The van der Waals surface area contributed by atoms with E-state index in [0.29, 0.717) is 16.5 Å². The maximum atomic E-state index is 12.3. The number of amides is 1. The van der Waals surface area contributed by atoms with Crippen LogP contribution in [0.4, 0.5) is 5.00 Å². The minimum Gasteiger partial charge on any atom is -0.465 e.